The Morgan fingerprint density at radius 1 is 1.27 bits per heavy atom. The van der Waals surface area contributed by atoms with Gasteiger partial charge in [0.1, 0.15) is 7.14 Å². The van der Waals surface area contributed by atoms with Crippen molar-refractivity contribution in [3.63, 3.8) is 0 Å². The molecule has 0 radical (unpaired) electrons. The minimum absolute atomic E-state index is 0.302. The molecule has 0 spiro atoms. The first-order chi connectivity index (χ1) is 6.91. The van der Waals surface area contributed by atoms with Gasteiger partial charge in [0.15, 0.2) is 0 Å². The minimum Gasteiger partial charge on any atom is -0.466 e. The Morgan fingerprint density at radius 2 is 1.73 bits per heavy atom. The van der Waals surface area contributed by atoms with Crippen LogP contribution in [0.3, 0.4) is 0 Å². The van der Waals surface area contributed by atoms with Gasteiger partial charge in [-0.3, -0.25) is 4.79 Å². The van der Waals surface area contributed by atoms with Gasteiger partial charge >= 0.3 is 11.9 Å². The Morgan fingerprint density at radius 3 is 2.00 bits per heavy atom. The summed E-state index contributed by atoms with van der Waals surface area (Å²) in [4.78, 5) is 22.1. The Bertz CT molecular complexity index is 278. The molecule has 0 aliphatic carbocycles. The lowest BCUT2D eigenvalue weighted by molar-refractivity contribution is -0.158. The maximum absolute atomic E-state index is 12.2. The molecule has 6 heteroatoms. The van der Waals surface area contributed by atoms with E-state index in [-0.39, 0.29) is 0 Å². The summed E-state index contributed by atoms with van der Waals surface area (Å²) >= 11 is 0. The summed E-state index contributed by atoms with van der Waals surface area (Å²) in [5.41, 5.74) is 0. The highest BCUT2D eigenvalue weighted by molar-refractivity contribution is 7.65. The van der Waals surface area contributed by atoms with Crippen molar-refractivity contribution < 1.29 is 23.6 Å². The molecule has 0 N–H and O–H groups in total. The molecule has 0 heterocycles. The van der Waals surface area contributed by atoms with Crippen LogP contribution in [0.4, 0.5) is 0 Å². The van der Waals surface area contributed by atoms with E-state index in [0.717, 1.165) is 0 Å². The highest BCUT2D eigenvalue weighted by Crippen LogP contribution is 2.50. The number of hydrogen-bond acceptors (Lipinski definition) is 5. The van der Waals surface area contributed by atoms with Crippen molar-refractivity contribution >= 4 is 19.1 Å². The number of carbonyl (C=O) groups excluding carboxylic acids is 2. The highest BCUT2D eigenvalue weighted by atomic mass is 31.2. The standard InChI is InChI=1S/C9H17O5P/c1-5-15(12,6-2)9(8(11)13-4)14-7(3)10/h9H,5-6H2,1-4H3. The molecular weight excluding hydrogens is 219 g/mol. The van der Waals surface area contributed by atoms with Gasteiger partial charge in [0.2, 0.25) is 5.85 Å². The van der Waals surface area contributed by atoms with Gasteiger partial charge in [-0.05, 0) is 0 Å². The van der Waals surface area contributed by atoms with Crippen molar-refractivity contribution in [1.29, 1.82) is 0 Å². The summed E-state index contributed by atoms with van der Waals surface area (Å²) in [5, 5.41) is 0. The van der Waals surface area contributed by atoms with E-state index in [1.807, 2.05) is 0 Å². The summed E-state index contributed by atoms with van der Waals surface area (Å²) < 4.78 is 21.5. The van der Waals surface area contributed by atoms with E-state index in [9.17, 15) is 14.2 Å². The maximum atomic E-state index is 12.2. The lowest BCUT2D eigenvalue weighted by Gasteiger charge is -2.22. The number of methoxy groups -OCH3 is 1. The first-order valence-corrected chi connectivity index (χ1v) is 6.88. The number of esters is 2. The van der Waals surface area contributed by atoms with Gasteiger partial charge in [0.25, 0.3) is 0 Å². The predicted octanol–water partition coefficient (Wildman–Crippen LogP) is 1.45. The molecule has 0 aliphatic rings. The Labute approximate surface area is 89.5 Å². The Balaban J connectivity index is 4.99. The van der Waals surface area contributed by atoms with Crippen LogP contribution < -0.4 is 0 Å². The number of ether oxygens (including phenoxy) is 2. The molecule has 5 nitrogen and oxygen atoms in total. The van der Waals surface area contributed by atoms with Gasteiger partial charge in [0.05, 0.1) is 7.11 Å². The fourth-order valence-electron chi connectivity index (χ4n) is 1.15. The summed E-state index contributed by atoms with van der Waals surface area (Å²) in [6.07, 6.45) is 0.604. The molecule has 1 unspecified atom stereocenters. The second-order valence-electron chi connectivity index (χ2n) is 3.07. The zero-order valence-corrected chi connectivity index (χ0v) is 10.4. The second kappa shape index (κ2) is 5.91. The number of rotatable bonds is 5. The molecule has 0 rings (SSSR count). The lowest BCUT2D eigenvalue weighted by atomic mass is 10.7. The summed E-state index contributed by atoms with van der Waals surface area (Å²) in [6.45, 7) is 4.57. The van der Waals surface area contributed by atoms with Crippen molar-refractivity contribution in [3.8, 4) is 0 Å². The molecule has 88 valence electrons. The van der Waals surface area contributed by atoms with Crippen molar-refractivity contribution in [2.75, 3.05) is 19.4 Å². The van der Waals surface area contributed by atoms with Crippen molar-refractivity contribution in [3.05, 3.63) is 0 Å². The molecule has 0 saturated carbocycles. The van der Waals surface area contributed by atoms with E-state index in [2.05, 4.69) is 4.74 Å². The van der Waals surface area contributed by atoms with E-state index in [1.54, 1.807) is 13.8 Å². The van der Waals surface area contributed by atoms with Gasteiger partial charge in [-0.1, -0.05) is 13.8 Å². The summed E-state index contributed by atoms with van der Waals surface area (Å²) in [6, 6.07) is 0. The Kier molecular flexibility index (Phi) is 5.58. The van der Waals surface area contributed by atoms with E-state index in [0.29, 0.717) is 12.3 Å². The molecule has 0 aliphatic heterocycles. The molecule has 0 aromatic rings. The fourth-order valence-corrected chi connectivity index (χ4v) is 3.09. The van der Waals surface area contributed by atoms with Crippen LogP contribution in [0.5, 0.6) is 0 Å². The summed E-state index contributed by atoms with van der Waals surface area (Å²) in [7, 11) is -1.66. The van der Waals surface area contributed by atoms with Crippen molar-refractivity contribution in [2.24, 2.45) is 0 Å². The SMILES string of the molecule is CCP(=O)(CC)C(OC(C)=O)C(=O)OC. The van der Waals surface area contributed by atoms with Crippen LogP contribution in [0.15, 0.2) is 0 Å². The van der Waals surface area contributed by atoms with E-state index in [1.165, 1.54) is 14.0 Å². The van der Waals surface area contributed by atoms with Gasteiger partial charge in [0, 0.05) is 19.2 Å². The summed E-state index contributed by atoms with van der Waals surface area (Å²) in [5.74, 6) is -2.64. The minimum atomic E-state index is -2.84. The largest absolute Gasteiger partial charge is 0.466 e. The third-order valence-corrected chi connectivity index (χ3v) is 5.49. The number of carbonyl (C=O) groups is 2. The van der Waals surface area contributed by atoms with E-state index >= 15 is 0 Å². The van der Waals surface area contributed by atoms with Crippen LogP contribution in [0.25, 0.3) is 0 Å². The number of hydrogen-bond donors (Lipinski definition) is 0. The molecule has 15 heavy (non-hydrogen) atoms. The second-order valence-corrected chi connectivity index (χ2v) is 6.71. The van der Waals surface area contributed by atoms with Gasteiger partial charge in [-0.2, -0.15) is 0 Å². The van der Waals surface area contributed by atoms with Crippen LogP contribution in [-0.4, -0.2) is 37.2 Å². The zero-order valence-electron chi connectivity index (χ0n) is 9.48. The molecule has 0 bridgehead atoms. The topological polar surface area (TPSA) is 69.7 Å². The Hall–Kier alpha value is -0.830. The van der Waals surface area contributed by atoms with Gasteiger partial charge in [-0.15, -0.1) is 0 Å². The van der Waals surface area contributed by atoms with E-state index in [4.69, 9.17) is 4.74 Å². The fraction of sp³-hybridized carbons (Fsp3) is 0.778. The quantitative estimate of drug-likeness (QED) is 0.533. The molecular formula is C9H17O5P. The highest BCUT2D eigenvalue weighted by Gasteiger charge is 2.39. The molecule has 0 aromatic heterocycles. The zero-order chi connectivity index (χ0) is 12.1. The predicted molar refractivity (Wildman–Crippen MR) is 56.3 cm³/mol. The van der Waals surface area contributed by atoms with E-state index < -0.39 is 24.9 Å². The van der Waals surface area contributed by atoms with Crippen molar-refractivity contribution in [1.82, 2.24) is 0 Å². The third-order valence-electron chi connectivity index (χ3n) is 2.18. The lowest BCUT2D eigenvalue weighted by Crippen LogP contribution is -2.29. The van der Waals surface area contributed by atoms with Crippen molar-refractivity contribution in [2.45, 2.75) is 26.6 Å². The van der Waals surface area contributed by atoms with Crippen LogP contribution in [-0.2, 0) is 23.6 Å². The van der Waals surface area contributed by atoms with Crippen LogP contribution in [0.2, 0.25) is 0 Å². The molecule has 0 amide bonds. The molecule has 0 saturated heterocycles. The molecule has 1 atom stereocenters. The van der Waals surface area contributed by atoms with Crippen LogP contribution in [0, 0.1) is 0 Å². The van der Waals surface area contributed by atoms with Gasteiger partial charge in [-0.25, -0.2) is 4.79 Å². The van der Waals surface area contributed by atoms with Crippen LogP contribution in [0.1, 0.15) is 20.8 Å². The normalized spacial score (nSPS) is 13.1. The van der Waals surface area contributed by atoms with Gasteiger partial charge < -0.3 is 14.0 Å². The monoisotopic (exact) mass is 236 g/mol. The van der Waals surface area contributed by atoms with Crippen LogP contribution >= 0.6 is 7.14 Å². The average Bonchev–Trinajstić information content (AvgIpc) is 2.23. The molecule has 0 aromatic carbocycles. The molecule has 0 fully saturated rings. The average molecular weight is 236 g/mol. The first kappa shape index (κ1) is 14.2. The smallest absolute Gasteiger partial charge is 0.354 e. The third kappa shape index (κ3) is 3.67. The first-order valence-electron chi connectivity index (χ1n) is 4.74. The maximum Gasteiger partial charge on any atom is 0.354 e.